The smallest absolute Gasteiger partial charge is 0.164 e. The molecule has 0 saturated carbocycles. The molecular weight excluding hydrogens is 112 g/mol. The van der Waals surface area contributed by atoms with E-state index in [2.05, 4.69) is 23.0 Å². The van der Waals surface area contributed by atoms with Crippen molar-refractivity contribution in [2.24, 2.45) is 11.6 Å². The van der Waals surface area contributed by atoms with Gasteiger partial charge in [0.15, 0.2) is 5.11 Å². The van der Waals surface area contributed by atoms with Crippen molar-refractivity contribution in [1.29, 1.82) is 0 Å². The lowest BCUT2D eigenvalue weighted by Gasteiger charge is -1.98. The summed E-state index contributed by atoms with van der Waals surface area (Å²) in [6, 6.07) is 0. The Hall–Kier alpha value is -0.390. The Kier molecular flexibility index (Phi) is 3.58. The fraction of sp³-hybridized carbons (Fsp3) is 0.500. The van der Waals surface area contributed by atoms with Crippen LogP contribution < -0.4 is 22.3 Å². The molecule has 5 heteroatoms. The predicted octanol–water partition coefficient (Wildman–Crippen LogP) is -1.76. The van der Waals surface area contributed by atoms with E-state index in [4.69, 9.17) is 11.6 Å². The number of hydrazine groups is 1. The van der Waals surface area contributed by atoms with E-state index in [1.807, 2.05) is 0 Å². The molecule has 0 spiro atoms. The molecule has 0 aliphatic carbocycles. The zero-order valence-corrected chi connectivity index (χ0v) is 4.59. The van der Waals surface area contributed by atoms with Crippen LogP contribution in [0.15, 0.2) is 0 Å². The Balaban J connectivity index is 2.82. The van der Waals surface area contributed by atoms with Crippen LogP contribution in [0.1, 0.15) is 0 Å². The largest absolute Gasteiger partial charge is 0.376 e. The molecule has 4 nitrogen and oxygen atoms in total. The first-order valence-corrected chi connectivity index (χ1v) is 2.15. The molecule has 0 atom stereocenters. The van der Waals surface area contributed by atoms with E-state index >= 15 is 0 Å². The van der Waals surface area contributed by atoms with Crippen molar-refractivity contribution >= 4 is 17.3 Å². The van der Waals surface area contributed by atoms with Gasteiger partial charge in [-0.3, -0.25) is 5.84 Å². The topological polar surface area (TPSA) is 76.1 Å². The maximum atomic E-state index is 5.00. The highest BCUT2D eigenvalue weighted by Crippen LogP contribution is 1.49. The van der Waals surface area contributed by atoms with Crippen molar-refractivity contribution in [3.05, 3.63) is 0 Å². The third-order valence-electron chi connectivity index (χ3n) is 0.365. The molecule has 0 aromatic carbocycles. The second kappa shape index (κ2) is 3.79. The minimum atomic E-state index is 0.248. The lowest BCUT2D eigenvalue weighted by Crippen LogP contribution is -2.39. The van der Waals surface area contributed by atoms with Crippen LogP contribution in [-0.2, 0) is 0 Å². The monoisotopic (exact) mass is 120 g/mol. The van der Waals surface area contributed by atoms with Crippen LogP contribution in [0, 0.1) is 0 Å². The molecule has 0 saturated heterocycles. The minimum Gasteiger partial charge on any atom is -0.376 e. The Bertz CT molecular complexity index is 62.7. The highest BCUT2D eigenvalue weighted by molar-refractivity contribution is 7.80. The maximum absolute atomic E-state index is 5.00. The number of nitrogens with two attached hydrogens (primary N) is 2. The van der Waals surface area contributed by atoms with E-state index in [0.717, 1.165) is 0 Å². The highest BCUT2D eigenvalue weighted by atomic mass is 32.1. The summed E-state index contributed by atoms with van der Waals surface area (Å²) in [5.41, 5.74) is 7.32. The van der Waals surface area contributed by atoms with Crippen molar-refractivity contribution in [3.8, 4) is 0 Å². The van der Waals surface area contributed by atoms with Gasteiger partial charge in [0, 0.05) is 0 Å². The number of rotatable bonds is 2. The first-order valence-electron chi connectivity index (χ1n) is 1.74. The van der Waals surface area contributed by atoms with E-state index in [-0.39, 0.29) is 5.11 Å². The first kappa shape index (κ1) is 6.61. The van der Waals surface area contributed by atoms with Crippen molar-refractivity contribution in [2.45, 2.75) is 0 Å². The molecule has 0 amide bonds. The van der Waals surface area contributed by atoms with Crippen molar-refractivity contribution in [1.82, 2.24) is 10.7 Å². The highest BCUT2D eigenvalue weighted by Gasteiger charge is 1.77. The van der Waals surface area contributed by atoms with E-state index in [1.54, 1.807) is 0 Å². The fourth-order valence-corrected chi connectivity index (χ4v) is 0.210. The van der Waals surface area contributed by atoms with Gasteiger partial charge in [-0.05, 0) is 12.2 Å². The number of thiocarbonyl (C=S) groups is 1. The van der Waals surface area contributed by atoms with Gasteiger partial charge >= 0.3 is 0 Å². The Morgan fingerprint density at radius 3 is 2.43 bits per heavy atom. The summed E-state index contributed by atoms with van der Waals surface area (Å²) < 4.78 is 0. The van der Waals surface area contributed by atoms with Crippen LogP contribution >= 0.6 is 12.2 Å². The zero-order chi connectivity index (χ0) is 5.70. The molecule has 0 unspecified atom stereocenters. The molecule has 0 bridgehead atoms. The molecule has 0 aromatic rings. The average Bonchev–Trinajstić information content (AvgIpc) is 1.61. The minimum absolute atomic E-state index is 0.248. The van der Waals surface area contributed by atoms with Crippen LogP contribution in [0.4, 0.5) is 0 Å². The standard InChI is InChI=1S/C2H8N4S/c3-2(7)5-1-6-4/h6H,1,4H2,(H3,3,5,7). The molecule has 0 heterocycles. The SMILES string of the molecule is NNCNC(N)=S. The summed E-state index contributed by atoms with van der Waals surface area (Å²) in [5, 5.41) is 2.82. The fourth-order valence-electron chi connectivity index (χ4n) is 0.138. The van der Waals surface area contributed by atoms with Crippen molar-refractivity contribution in [3.63, 3.8) is 0 Å². The lowest BCUT2D eigenvalue weighted by atomic mass is 11.0. The van der Waals surface area contributed by atoms with Gasteiger partial charge in [-0.2, -0.15) is 0 Å². The first-order chi connectivity index (χ1) is 3.27. The summed E-state index contributed by atoms with van der Waals surface area (Å²) in [6.45, 7) is 0.412. The number of hydrogen-bond acceptors (Lipinski definition) is 3. The lowest BCUT2D eigenvalue weighted by molar-refractivity contribution is 0.705. The second-order valence-corrected chi connectivity index (χ2v) is 1.36. The average molecular weight is 120 g/mol. The summed E-state index contributed by atoms with van der Waals surface area (Å²) in [5.74, 6) is 4.85. The van der Waals surface area contributed by atoms with Gasteiger partial charge in [0.25, 0.3) is 0 Å². The maximum Gasteiger partial charge on any atom is 0.164 e. The number of hydrogen-bond donors (Lipinski definition) is 4. The Morgan fingerprint density at radius 1 is 1.71 bits per heavy atom. The number of nitrogens with one attached hydrogen (secondary N) is 2. The molecule has 0 rings (SSSR count). The summed E-state index contributed by atoms with van der Waals surface area (Å²) >= 11 is 4.43. The van der Waals surface area contributed by atoms with Gasteiger partial charge < -0.3 is 11.1 Å². The van der Waals surface area contributed by atoms with Crippen molar-refractivity contribution < 1.29 is 0 Å². The summed E-state index contributed by atoms with van der Waals surface area (Å²) in [7, 11) is 0. The van der Waals surface area contributed by atoms with Gasteiger partial charge in [0.05, 0.1) is 6.67 Å². The van der Waals surface area contributed by atoms with Gasteiger partial charge in [0.2, 0.25) is 0 Å². The van der Waals surface area contributed by atoms with Crippen LogP contribution in [0.3, 0.4) is 0 Å². The van der Waals surface area contributed by atoms with E-state index in [0.29, 0.717) is 6.67 Å². The molecule has 0 aliphatic heterocycles. The normalized spacial score (nSPS) is 8.14. The molecule has 7 heavy (non-hydrogen) atoms. The third kappa shape index (κ3) is 5.61. The van der Waals surface area contributed by atoms with Gasteiger partial charge in [-0.15, -0.1) is 0 Å². The summed E-state index contributed by atoms with van der Waals surface area (Å²) in [6.07, 6.45) is 0. The van der Waals surface area contributed by atoms with Crippen LogP contribution in [0.2, 0.25) is 0 Å². The molecule has 0 aromatic heterocycles. The van der Waals surface area contributed by atoms with E-state index in [9.17, 15) is 0 Å². The Morgan fingerprint density at radius 2 is 2.29 bits per heavy atom. The van der Waals surface area contributed by atoms with E-state index in [1.165, 1.54) is 0 Å². The molecular formula is C2H8N4S. The molecule has 0 radical (unpaired) electrons. The van der Waals surface area contributed by atoms with Crippen LogP contribution in [0.25, 0.3) is 0 Å². The van der Waals surface area contributed by atoms with Crippen LogP contribution in [0.5, 0.6) is 0 Å². The van der Waals surface area contributed by atoms with Crippen LogP contribution in [-0.4, -0.2) is 11.8 Å². The second-order valence-electron chi connectivity index (χ2n) is 0.922. The Labute approximate surface area is 47.2 Å². The molecule has 0 fully saturated rings. The van der Waals surface area contributed by atoms with Crippen molar-refractivity contribution in [2.75, 3.05) is 6.67 Å². The van der Waals surface area contributed by atoms with Gasteiger partial charge in [-0.25, -0.2) is 5.43 Å². The third-order valence-corrected chi connectivity index (χ3v) is 0.509. The van der Waals surface area contributed by atoms with Gasteiger partial charge in [-0.1, -0.05) is 0 Å². The summed E-state index contributed by atoms with van der Waals surface area (Å²) in [4.78, 5) is 0. The predicted molar refractivity (Wildman–Crippen MR) is 32.1 cm³/mol. The zero-order valence-electron chi connectivity index (χ0n) is 3.77. The molecule has 0 aliphatic rings. The van der Waals surface area contributed by atoms with E-state index < -0.39 is 0 Å². The molecule has 6 N–H and O–H groups in total. The van der Waals surface area contributed by atoms with Gasteiger partial charge in [0.1, 0.15) is 0 Å². The molecule has 42 valence electrons. The quantitative estimate of drug-likeness (QED) is 0.150.